The van der Waals surface area contributed by atoms with Crippen molar-refractivity contribution in [3.05, 3.63) is 58.7 Å². The predicted octanol–water partition coefficient (Wildman–Crippen LogP) is 5.26. The molecule has 0 aliphatic rings. The van der Waals surface area contributed by atoms with E-state index >= 15 is 0 Å². The molecule has 22 heavy (non-hydrogen) atoms. The second-order valence-corrected chi connectivity index (χ2v) is 5.36. The van der Waals surface area contributed by atoms with Crippen LogP contribution in [0.5, 0.6) is 0 Å². The number of carbonyl (C=O) groups excluding carboxylic acids is 1. The van der Waals surface area contributed by atoms with Crippen LogP contribution in [0.15, 0.2) is 58.7 Å². The van der Waals surface area contributed by atoms with E-state index in [1.165, 1.54) is 16.7 Å². The van der Waals surface area contributed by atoms with E-state index in [1.807, 2.05) is 45.1 Å². The van der Waals surface area contributed by atoms with E-state index in [-0.39, 0.29) is 5.91 Å². The Morgan fingerprint density at radius 2 is 1.73 bits per heavy atom. The third-order valence-electron chi connectivity index (χ3n) is 3.71. The first kappa shape index (κ1) is 20.2. The van der Waals surface area contributed by atoms with Crippen LogP contribution in [-0.4, -0.2) is 12.5 Å². The van der Waals surface area contributed by atoms with Crippen LogP contribution in [0.25, 0.3) is 0 Å². The molecular weight excluding hydrogens is 270 g/mol. The van der Waals surface area contributed by atoms with Crippen molar-refractivity contribution in [2.45, 2.75) is 54.4 Å². The van der Waals surface area contributed by atoms with E-state index in [1.54, 1.807) is 0 Å². The second kappa shape index (κ2) is 11.8. The highest BCUT2D eigenvalue weighted by Gasteiger charge is 2.02. The molecule has 0 rings (SSSR count). The molecule has 0 aliphatic heterocycles. The highest BCUT2D eigenvalue weighted by Crippen LogP contribution is 2.10. The van der Waals surface area contributed by atoms with Crippen molar-refractivity contribution < 1.29 is 4.79 Å². The molecule has 0 bridgehead atoms. The van der Waals surface area contributed by atoms with Gasteiger partial charge in [-0.2, -0.15) is 0 Å². The molecule has 0 aromatic carbocycles. The fourth-order valence-electron chi connectivity index (χ4n) is 1.83. The van der Waals surface area contributed by atoms with Gasteiger partial charge in [-0.1, -0.05) is 67.0 Å². The summed E-state index contributed by atoms with van der Waals surface area (Å²) in [6.45, 7) is 12.8. The molecule has 1 amide bonds. The summed E-state index contributed by atoms with van der Waals surface area (Å²) in [5.41, 5.74) is 4.54. The minimum absolute atomic E-state index is 0.0143. The van der Waals surface area contributed by atoms with Crippen molar-refractivity contribution in [3.8, 4) is 0 Å². The van der Waals surface area contributed by atoms with Crippen LogP contribution in [0, 0.1) is 0 Å². The Balaban J connectivity index is 4.38. The Kier molecular flexibility index (Phi) is 10.8. The fraction of sp³-hybridized carbons (Fsp3) is 0.450. The molecular formula is C20H31NO. The van der Waals surface area contributed by atoms with E-state index in [4.69, 9.17) is 0 Å². The average Bonchev–Trinajstić information content (AvgIpc) is 2.52. The minimum Gasteiger partial charge on any atom is -0.349 e. The molecule has 0 saturated heterocycles. The Morgan fingerprint density at radius 3 is 2.27 bits per heavy atom. The Labute approximate surface area is 136 Å². The van der Waals surface area contributed by atoms with Crippen LogP contribution in [-0.2, 0) is 4.79 Å². The first-order chi connectivity index (χ1) is 10.5. The third kappa shape index (κ3) is 8.46. The Hall–Kier alpha value is -1.83. The Morgan fingerprint density at radius 1 is 1.05 bits per heavy atom. The molecule has 0 atom stereocenters. The number of hydrogen-bond acceptors (Lipinski definition) is 1. The molecule has 2 nitrogen and oxygen atoms in total. The normalized spacial score (nSPS) is 14.6. The molecule has 2 heteroatoms. The summed E-state index contributed by atoms with van der Waals surface area (Å²) in [5, 5.41) is 2.90. The van der Waals surface area contributed by atoms with Crippen molar-refractivity contribution in [2.75, 3.05) is 6.54 Å². The van der Waals surface area contributed by atoms with Crippen LogP contribution >= 0.6 is 0 Å². The van der Waals surface area contributed by atoms with Gasteiger partial charge in [-0.3, -0.25) is 4.79 Å². The number of amides is 1. The Bertz CT molecular complexity index is 502. The lowest BCUT2D eigenvalue weighted by atomic mass is 10.1. The maximum atomic E-state index is 12.0. The molecule has 0 saturated carbocycles. The van der Waals surface area contributed by atoms with Crippen molar-refractivity contribution in [2.24, 2.45) is 0 Å². The molecule has 0 aliphatic carbocycles. The van der Waals surface area contributed by atoms with E-state index < -0.39 is 0 Å². The van der Waals surface area contributed by atoms with Gasteiger partial charge in [0.1, 0.15) is 0 Å². The first-order valence-corrected chi connectivity index (χ1v) is 8.07. The topological polar surface area (TPSA) is 29.1 Å². The van der Waals surface area contributed by atoms with Crippen molar-refractivity contribution in [1.29, 1.82) is 0 Å². The third-order valence-corrected chi connectivity index (χ3v) is 3.71. The van der Waals surface area contributed by atoms with Crippen molar-refractivity contribution in [1.82, 2.24) is 5.32 Å². The largest absolute Gasteiger partial charge is 0.349 e. The standard InChI is InChI=1S/C20H31NO/c1-7-16(4)17(5)15-18(6)20(22)21-14-12-10-11-13-19(8-2)9-3/h8,10-13,15H,7,9,14H2,1-6H3,(H,21,22)/b12-10+,13-11-,17-16-,18-15+,19-8-. The van der Waals surface area contributed by atoms with Gasteiger partial charge in [0.05, 0.1) is 0 Å². The van der Waals surface area contributed by atoms with Gasteiger partial charge in [0.25, 0.3) is 0 Å². The molecule has 0 spiro atoms. The van der Waals surface area contributed by atoms with Crippen LogP contribution < -0.4 is 5.32 Å². The maximum absolute atomic E-state index is 12.0. The van der Waals surface area contributed by atoms with E-state index in [0.717, 1.165) is 18.4 Å². The second-order valence-electron chi connectivity index (χ2n) is 5.36. The summed E-state index contributed by atoms with van der Waals surface area (Å²) in [7, 11) is 0. The number of allylic oxidation sites excluding steroid dienone is 8. The van der Waals surface area contributed by atoms with Crippen molar-refractivity contribution in [3.63, 3.8) is 0 Å². The van der Waals surface area contributed by atoms with Gasteiger partial charge in [0.15, 0.2) is 0 Å². The monoisotopic (exact) mass is 301 g/mol. The highest BCUT2D eigenvalue weighted by molar-refractivity contribution is 5.93. The molecule has 0 aromatic heterocycles. The lowest BCUT2D eigenvalue weighted by Gasteiger charge is -2.04. The van der Waals surface area contributed by atoms with Crippen molar-refractivity contribution >= 4 is 5.91 Å². The fourth-order valence-corrected chi connectivity index (χ4v) is 1.83. The lowest BCUT2D eigenvalue weighted by molar-refractivity contribution is -0.117. The number of nitrogens with one attached hydrogen (secondary N) is 1. The predicted molar refractivity (Wildman–Crippen MR) is 97.8 cm³/mol. The molecule has 0 unspecified atom stereocenters. The van der Waals surface area contributed by atoms with Gasteiger partial charge in [-0.05, 0) is 40.5 Å². The smallest absolute Gasteiger partial charge is 0.247 e. The quantitative estimate of drug-likeness (QED) is 0.480. The van der Waals surface area contributed by atoms with Gasteiger partial charge in [-0.25, -0.2) is 0 Å². The number of hydrogen-bond donors (Lipinski definition) is 1. The number of carbonyl (C=O) groups is 1. The van der Waals surface area contributed by atoms with Gasteiger partial charge in [-0.15, -0.1) is 0 Å². The highest BCUT2D eigenvalue weighted by atomic mass is 16.1. The summed E-state index contributed by atoms with van der Waals surface area (Å²) in [5.74, 6) is -0.0143. The summed E-state index contributed by atoms with van der Waals surface area (Å²) in [6.07, 6.45) is 14.1. The van der Waals surface area contributed by atoms with Crippen LogP contribution in [0.1, 0.15) is 54.4 Å². The SMILES string of the molecule is C\C=C(/C=C\C=C\CNC(=O)/C(C)=C/C(C)=C(/C)CC)CC. The van der Waals surface area contributed by atoms with Gasteiger partial charge >= 0.3 is 0 Å². The van der Waals surface area contributed by atoms with Gasteiger partial charge in [0.2, 0.25) is 5.91 Å². The van der Waals surface area contributed by atoms with Gasteiger partial charge < -0.3 is 5.32 Å². The maximum Gasteiger partial charge on any atom is 0.247 e. The van der Waals surface area contributed by atoms with E-state index in [9.17, 15) is 4.79 Å². The molecule has 0 radical (unpaired) electrons. The van der Waals surface area contributed by atoms with Gasteiger partial charge in [0, 0.05) is 12.1 Å². The summed E-state index contributed by atoms with van der Waals surface area (Å²) in [6, 6.07) is 0. The molecule has 0 heterocycles. The summed E-state index contributed by atoms with van der Waals surface area (Å²) < 4.78 is 0. The number of rotatable bonds is 8. The molecule has 122 valence electrons. The zero-order valence-electron chi connectivity index (χ0n) is 15.0. The van der Waals surface area contributed by atoms with Crippen LogP contribution in [0.2, 0.25) is 0 Å². The first-order valence-electron chi connectivity index (χ1n) is 8.07. The lowest BCUT2D eigenvalue weighted by Crippen LogP contribution is -2.24. The van der Waals surface area contributed by atoms with E-state index in [0.29, 0.717) is 6.54 Å². The average molecular weight is 301 g/mol. The molecule has 1 N–H and O–H groups in total. The van der Waals surface area contributed by atoms with Crippen LogP contribution in [0.3, 0.4) is 0 Å². The zero-order chi connectivity index (χ0) is 17.0. The molecule has 0 aromatic rings. The summed E-state index contributed by atoms with van der Waals surface area (Å²) in [4.78, 5) is 12.0. The zero-order valence-corrected chi connectivity index (χ0v) is 15.0. The molecule has 0 fully saturated rings. The summed E-state index contributed by atoms with van der Waals surface area (Å²) >= 11 is 0. The van der Waals surface area contributed by atoms with Crippen LogP contribution in [0.4, 0.5) is 0 Å². The van der Waals surface area contributed by atoms with E-state index in [2.05, 4.69) is 38.2 Å². The minimum atomic E-state index is -0.0143.